The van der Waals surface area contributed by atoms with Gasteiger partial charge in [0.25, 0.3) is 5.91 Å². The van der Waals surface area contributed by atoms with Crippen LogP contribution in [0.2, 0.25) is 0 Å². The van der Waals surface area contributed by atoms with Crippen molar-refractivity contribution in [2.24, 2.45) is 0 Å². The van der Waals surface area contributed by atoms with E-state index in [1.807, 2.05) is 0 Å². The van der Waals surface area contributed by atoms with Crippen LogP contribution < -0.4 is 16.0 Å². The summed E-state index contributed by atoms with van der Waals surface area (Å²) in [5.41, 5.74) is 1.90. The summed E-state index contributed by atoms with van der Waals surface area (Å²) in [6.07, 6.45) is 3.07. The van der Waals surface area contributed by atoms with Crippen molar-refractivity contribution in [3.8, 4) is 0 Å². The fraction of sp³-hybridized carbons (Fsp3) is 0.118. The molecule has 24 heavy (non-hydrogen) atoms. The molecule has 0 fully saturated rings. The van der Waals surface area contributed by atoms with Gasteiger partial charge < -0.3 is 20.9 Å². The molecule has 0 aliphatic carbocycles. The van der Waals surface area contributed by atoms with E-state index < -0.39 is 0 Å². The van der Waals surface area contributed by atoms with Crippen molar-refractivity contribution < 1.29 is 14.4 Å². The predicted molar refractivity (Wildman–Crippen MR) is 92.4 cm³/mol. The molecule has 0 unspecified atom stereocenters. The summed E-state index contributed by atoms with van der Waals surface area (Å²) >= 11 is 0. The molecule has 0 spiro atoms. The summed E-state index contributed by atoms with van der Waals surface area (Å²) in [5.74, 6) is -0.470. The third kappa shape index (κ3) is 4.57. The van der Waals surface area contributed by atoms with Gasteiger partial charge in [0.15, 0.2) is 5.78 Å². The van der Waals surface area contributed by atoms with Crippen molar-refractivity contribution in [1.82, 2.24) is 10.3 Å². The lowest BCUT2D eigenvalue weighted by atomic mass is 10.2. The molecule has 2 rings (SSSR count). The summed E-state index contributed by atoms with van der Waals surface area (Å²) < 4.78 is 0. The number of aromatic nitrogens is 1. The highest BCUT2D eigenvalue weighted by atomic mass is 16.2. The van der Waals surface area contributed by atoms with Crippen LogP contribution in [0, 0.1) is 0 Å². The molecule has 0 saturated carbocycles. The number of hydrogen-bond acceptors (Lipinski definition) is 3. The first-order valence-electron chi connectivity index (χ1n) is 7.26. The number of carbonyl (C=O) groups is 3. The molecule has 0 aliphatic rings. The molecule has 1 heterocycles. The van der Waals surface area contributed by atoms with Gasteiger partial charge in [0.05, 0.1) is 0 Å². The molecule has 0 bridgehead atoms. The van der Waals surface area contributed by atoms with Crippen molar-refractivity contribution in [3.63, 3.8) is 0 Å². The Morgan fingerprint density at radius 1 is 1.12 bits per heavy atom. The Morgan fingerprint density at radius 3 is 2.29 bits per heavy atom. The molecule has 4 N–H and O–H groups in total. The van der Waals surface area contributed by atoms with Gasteiger partial charge in [-0.15, -0.1) is 6.58 Å². The molecule has 124 valence electrons. The van der Waals surface area contributed by atoms with Gasteiger partial charge >= 0.3 is 6.03 Å². The molecule has 0 saturated heterocycles. The number of rotatable bonds is 6. The van der Waals surface area contributed by atoms with Crippen LogP contribution in [0.5, 0.6) is 0 Å². The van der Waals surface area contributed by atoms with E-state index >= 15 is 0 Å². The van der Waals surface area contributed by atoms with Crippen molar-refractivity contribution in [1.29, 1.82) is 0 Å². The quantitative estimate of drug-likeness (QED) is 0.485. The van der Waals surface area contributed by atoms with Crippen LogP contribution in [0.15, 0.2) is 49.2 Å². The van der Waals surface area contributed by atoms with Gasteiger partial charge in [0, 0.05) is 29.7 Å². The standard InChI is InChI=1S/C17H18N4O3/c1-3-8-18-17(24)21-14-6-4-13(5-7-14)20-16(23)15-9-12(10-19-15)11(2)22/h3-7,9-10,19H,1,8H2,2H3,(H,20,23)(H2,18,21,24). The van der Waals surface area contributed by atoms with Gasteiger partial charge in [-0.3, -0.25) is 9.59 Å². The fourth-order valence-electron chi connectivity index (χ4n) is 1.90. The maximum absolute atomic E-state index is 12.1. The van der Waals surface area contributed by atoms with Crippen LogP contribution >= 0.6 is 0 Å². The lowest BCUT2D eigenvalue weighted by Gasteiger charge is -2.08. The molecular formula is C17H18N4O3. The zero-order chi connectivity index (χ0) is 17.5. The van der Waals surface area contributed by atoms with Crippen LogP contribution in [-0.4, -0.2) is 29.3 Å². The van der Waals surface area contributed by atoms with E-state index in [0.29, 0.717) is 29.2 Å². The van der Waals surface area contributed by atoms with Crippen molar-refractivity contribution in [2.75, 3.05) is 17.2 Å². The van der Waals surface area contributed by atoms with Gasteiger partial charge in [-0.05, 0) is 37.3 Å². The average molecular weight is 326 g/mol. The number of nitrogens with one attached hydrogen (secondary N) is 4. The third-order valence-electron chi connectivity index (χ3n) is 3.14. The monoisotopic (exact) mass is 326 g/mol. The Labute approximate surface area is 139 Å². The van der Waals surface area contributed by atoms with Gasteiger partial charge in [0.2, 0.25) is 0 Å². The number of urea groups is 1. The highest BCUT2D eigenvalue weighted by Gasteiger charge is 2.11. The van der Waals surface area contributed by atoms with E-state index in [1.165, 1.54) is 19.2 Å². The van der Waals surface area contributed by atoms with E-state index in [-0.39, 0.29) is 17.7 Å². The molecule has 0 atom stereocenters. The van der Waals surface area contributed by atoms with Gasteiger partial charge in [0.1, 0.15) is 5.69 Å². The van der Waals surface area contributed by atoms with Gasteiger partial charge in [-0.2, -0.15) is 0 Å². The van der Waals surface area contributed by atoms with Crippen LogP contribution in [0.4, 0.5) is 16.2 Å². The van der Waals surface area contributed by atoms with Gasteiger partial charge in [-0.25, -0.2) is 4.79 Å². The molecule has 7 heteroatoms. The number of benzene rings is 1. The normalized spacial score (nSPS) is 9.88. The molecule has 1 aromatic carbocycles. The number of amides is 3. The zero-order valence-electron chi connectivity index (χ0n) is 13.2. The minimum atomic E-state index is -0.355. The molecule has 0 radical (unpaired) electrons. The zero-order valence-corrected chi connectivity index (χ0v) is 13.2. The Hall–Kier alpha value is -3.35. The number of H-pyrrole nitrogens is 1. The highest BCUT2D eigenvalue weighted by molar-refractivity contribution is 6.05. The summed E-state index contributed by atoms with van der Waals surface area (Å²) in [6, 6.07) is 7.82. The molecule has 0 aliphatic heterocycles. The summed E-state index contributed by atoms with van der Waals surface area (Å²) in [6.45, 7) is 5.32. The first kappa shape index (κ1) is 17.0. The van der Waals surface area contributed by atoms with Crippen molar-refractivity contribution in [2.45, 2.75) is 6.92 Å². The van der Waals surface area contributed by atoms with Crippen molar-refractivity contribution >= 4 is 29.1 Å². The first-order valence-corrected chi connectivity index (χ1v) is 7.26. The average Bonchev–Trinajstić information content (AvgIpc) is 3.05. The lowest BCUT2D eigenvalue weighted by molar-refractivity contribution is 0.101. The summed E-state index contributed by atoms with van der Waals surface area (Å²) in [4.78, 5) is 37.6. The van der Waals surface area contributed by atoms with Crippen LogP contribution in [0.3, 0.4) is 0 Å². The summed E-state index contributed by atoms with van der Waals surface area (Å²) in [7, 11) is 0. The molecule has 2 aromatic rings. The maximum Gasteiger partial charge on any atom is 0.319 e. The lowest BCUT2D eigenvalue weighted by Crippen LogP contribution is -2.28. The topological polar surface area (TPSA) is 103 Å². The minimum Gasteiger partial charge on any atom is -0.356 e. The van der Waals surface area contributed by atoms with Crippen LogP contribution in [0.1, 0.15) is 27.8 Å². The summed E-state index contributed by atoms with van der Waals surface area (Å²) in [5, 5.41) is 7.94. The highest BCUT2D eigenvalue weighted by Crippen LogP contribution is 2.15. The number of carbonyl (C=O) groups excluding carboxylic acids is 3. The van der Waals surface area contributed by atoms with Crippen LogP contribution in [0.25, 0.3) is 0 Å². The molecule has 3 amide bonds. The molecule has 1 aromatic heterocycles. The maximum atomic E-state index is 12.1. The Bertz CT molecular complexity index is 762. The van der Waals surface area contributed by atoms with E-state index in [4.69, 9.17) is 0 Å². The number of ketones is 1. The second-order valence-electron chi connectivity index (χ2n) is 5.01. The third-order valence-corrected chi connectivity index (χ3v) is 3.14. The van der Waals surface area contributed by atoms with Crippen molar-refractivity contribution in [3.05, 3.63) is 60.4 Å². The second kappa shape index (κ2) is 7.77. The number of hydrogen-bond donors (Lipinski definition) is 4. The number of anilines is 2. The van der Waals surface area contributed by atoms with E-state index in [1.54, 1.807) is 30.3 Å². The number of aromatic amines is 1. The largest absolute Gasteiger partial charge is 0.356 e. The van der Waals surface area contributed by atoms with Gasteiger partial charge in [-0.1, -0.05) is 6.08 Å². The Kier molecular flexibility index (Phi) is 5.51. The van der Waals surface area contributed by atoms with E-state index in [2.05, 4.69) is 27.5 Å². The SMILES string of the molecule is C=CCNC(=O)Nc1ccc(NC(=O)c2cc(C(C)=O)c[nH]2)cc1. The fourth-order valence-corrected chi connectivity index (χ4v) is 1.90. The number of Topliss-reactive ketones (excluding diaryl/α,β-unsaturated/α-hetero) is 1. The Morgan fingerprint density at radius 2 is 1.75 bits per heavy atom. The molecule has 7 nitrogen and oxygen atoms in total. The van der Waals surface area contributed by atoms with Crippen LogP contribution in [-0.2, 0) is 0 Å². The van der Waals surface area contributed by atoms with E-state index in [9.17, 15) is 14.4 Å². The minimum absolute atomic E-state index is 0.115. The predicted octanol–water partition coefficient (Wildman–Crippen LogP) is 2.78. The van der Waals surface area contributed by atoms with E-state index in [0.717, 1.165) is 0 Å². The smallest absolute Gasteiger partial charge is 0.319 e. The Balaban J connectivity index is 1.95. The first-order chi connectivity index (χ1) is 11.5. The molecular weight excluding hydrogens is 308 g/mol. The second-order valence-corrected chi connectivity index (χ2v) is 5.01.